The maximum Gasteiger partial charge on any atom is 0.244 e. The van der Waals surface area contributed by atoms with E-state index in [1.807, 2.05) is 0 Å². The summed E-state index contributed by atoms with van der Waals surface area (Å²) in [6, 6.07) is 24.2. The smallest absolute Gasteiger partial charge is 0.244 e. The van der Waals surface area contributed by atoms with Crippen molar-refractivity contribution < 1.29 is 4.57 Å². The largest absolute Gasteiger partial charge is 0.253 e. The van der Waals surface area contributed by atoms with Gasteiger partial charge in [0.15, 0.2) is 0 Å². The monoisotopic (exact) mass is 352 g/mol. The molecule has 0 spiro atoms. The van der Waals surface area contributed by atoms with E-state index in [0.717, 1.165) is 37.3 Å². The second-order valence-electron chi connectivity index (χ2n) is 7.37. The van der Waals surface area contributed by atoms with Crippen LogP contribution in [0.15, 0.2) is 85.5 Å². The molecule has 2 aromatic heterocycles. The van der Waals surface area contributed by atoms with Crippen molar-refractivity contribution in [1.29, 1.82) is 0 Å². The summed E-state index contributed by atoms with van der Waals surface area (Å²) in [4.78, 5) is 4.88. The SMILES string of the molecule is c1cc2cc(c1)Cc1cccc(n1)Cn1cc[n+](c1)Cc1cccc(c1)C2. The summed E-state index contributed by atoms with van der Waals surface area (Å²) in [7, 11) is 0. The number of fused-ring (bicyclic) bond motifs is 8. The molecule has 4 aromatic rings. The third kappa shape index (κ3) is 3.68. The normalized spacial score (nSPS) is 13.3. The van der Waals surface area contributed by atoms with Crippen LogP contribution < -0.4 is 4.57 Å². The van der Waals surface area contributed by atoms with Gasteiger partial charge in [-0.15, -0.1) is 0 Å². The highest BCUT2D eigenvalue weighted by Gasteiger charge is 2.09. The zero-order valence-electron chi connectivity index (χ0n) is 15.3. The standard InChI is InChI=1S/C24H22N3/c1-4-19-12-20-5-2-7-22(14-20)16-26-10-11-27(18-26)17-24-9-3-8-23(25-24)15-21(6-1)13-19/h1-11,13-14,18H,12,15-17H2/q+1. The van der Waals surface area contributed by atoms with Gasteiger partial charge in [-0.05, 0) is 40.8 Å². The molecule has 1 aliphatic rings. The van der Waals surface area contributed by atoms with Crippen molar-refractivity contribution in [2.75, 3.05) is 0 Å². The van der Waals surface area contributed by atoms with Crippen molar-refractivity contribution >= 4 is 0 Å². The minimum atomic E-state index is 0.793. The van der Waals surface area contributed by atoms with E-state index in [1.54, 1.807) is 0 Å². The van der Waals surface area contributed by atoms with Gasteiger partial charge >= 0.3 is 0 Å². The van der Waals surface area contributed by atoms with Crippen molar-refractivity contribution in [2.45, 2.75) is 25.9 Å². The first-order chi connectivity index (χ1) is 13.3. The van der Waals surface area contributed by atoms with E-state index in [1.165, 1.54) is 22.3 Å². The van der Waals surface area contributed by atoms with Gasteiger partial charge in [-0.2, -0.15) is 0 Å². The lowest BCUT2D eigenvalue weighted by molar-refractivity contribution is -0.687. The lowest BCUT2D eigenvalue weighted by Gasteiger charge is -2.08. The summed E-state index contributed by atoms with van der Waals surface area (Å²) < 4.78 is 4.43. The van der Waals surface area contributed by atoms with Crippen molar-refractivity contribution in [2.24, 2.45) is 0 Å². The molecule has 0 saturated heterocycles. The lowest BCUT2D eigenvalue weighted by atomic mass is 9.99. The zero-order valence-corrected chi connectivity index (χ0v) is 15.3. The Morgan fingerprint density at radius 3 is 2.26 bits per heavy atom. The predicted octanol–water partition coefficient (Wildman–Crippen LogP) is 3.76. The molecular weight excluding hydrogens is 330 g/mol. The maximum atomic E-state index is 4.88. The Labute approximate surface area is 159 Å². The number of rotatable bonds is 0. The number of hydrogen-bond donors (Lipinski definition) is 0. The van der Waals surface area contributed by atoms with Crippen LogP contribution in [0.3, 0.4) is 0 Å². The molecule has 1 aliphatic heterocycles. The average molecular weight is 352 g/mol. The molecule has 0 atom stereocenters. The predicted molar refractivity (Wildman–Crippen MR) is 106 cm³/mol. The molecular formula is C24H22N3+. The second-order valence-corrected chi connectivity index (χ2v) is 7.37. The topological polar surface area (TPSA) is 21.7 Å². The molecule has 0 N–H and O–H groups in total. The van der Waals surface area contributed by atoms with Crippen LogP contribution in [0.1, 0.15) is 33.6 Å². The first-order valence-electron chi connectivity index (χ1n) is 9.45. The molecule has 0 fully saturated rings. The summed E-state index contributed by atoms with van der Waals surface area (Å²) in [5.41, 5.74) is 7.58. The first kappa shape index (κ1) is 16.0. The summed E-state index contributed by atoms with van der Waals surface area (Å²) in [5, 5.41) is 0. The molecule has 8 bridgehead atoms. The fourth-order valence-electron chi connectivity index (χ4n) is 3.87. The van der Waals surface area contributed by atoms with Gasteiger partial charge in [-0.25, -0.2) is 9.13 Å². The van der Waals surface area contributed by atoms with Crippen LogP contribution in [0.25, 0.3) is 0 Å². The van der Waals surface area contributed by atoms with Crippen molar-refractivity contribution in [3.63, 3.8) is 0 Å². The number of imidazole rings is 1. The lowest BCUT2D eigenvalue weighted by Crippen LogP contribution is -2.31. The van der Waals surface area contributed by atoms with E-state index >= 15 is 0 Å². The maximum absolute atomic E-state index is 4.88. The Balaban J connectivity index is 1.58. The molecule has 27 heavy (non-hydrogen) atoms. The molecule has 5 rings (SSSR count). The van der Waals surface area contributed by atoms with Gasteiger partial charge in [0.1, 0.15) is 25.5 Å². The van der Waals surface area contributed by atoms with Crippen molar-refractivity contribution in [1.82, 2.24) is 9.55 Å². The third-order valence-corrected chi connectivity index (χ3v) is 5.10. The Morgan fingerprint density at radius 2 is 1.41 bits per heavy atom. The van der Waals surface area contributed by atoms with E-state index < -0.39 is 0 Å². The van der Waals surface area contributed by atoms with Gasteiger partial charge in [0.2, 0.25) is 6.33 Å². The Hall–Kier alpha value is -3.20. The van der Waals surface area contributed by atoms with Crippen LogP contribution in [-0.4, -0.2) is 9.55 Å². The number of benzene rings is 2. The molecule has 0 radical (unpaired) electrons. The third-order valence-electron chi connectivity index (χ3n) is 5.10. The summed E-state index contributed by atoms with van der Waals surface area (Å²) in [5.74, 6) is 0. The molecule has 0 saturated carbocycles. The minimum absolute atomic E-state index is 0.793. The fourth-order valence-corrected chi connectivity index (χ4v) is 3.87. The van der Waals surface area contributed by atoms with E-state index in [9.17, 15) is 0 Å². The van der Waals surface area contributed by atoms with Gasteiger partial charge in [0, 0.05) is 12.1 Å². The first-order valence-corrected chi connectivity index (χ1v) is 9.45. The summed E-state index contributed by atoms with van der Waals surface area (Å²) >= 11 is 0. The van der Waals surface area contributed by atoms with Gasteiger partial charge in [0.05, 0.1) is 5.69 Å². The number of nitrogens with zero attached hydrogens (tertiary/aromatic N) is 3. The summed E-state index contributed by atoms with van der Waals surface area (Å²) in [6.45, 7) is 1.68. The molecule has 132 valence electrons. The highest BCUT2D eigenvalue weighted by atomic mass is 15.1. The Bertz CT molecular complexity index is 1010. The number of hydrogen-bond acceptors (Lipinski definition) is 1. The van der Waals surface area contributed by atoms with Crippen LogP contribution in [0, 0.1) is 0 Å². The van der Waals surface area contributed by atoms with E-state index in [-0.39, 0.29) is 0 Å². The van der Waals surface area contributed by atoms with Gasteiger partial charge in [-0.1, -0.05) is 54.6 Å². The van der Waals surface area contributed by atoms with Crippen LogP contribution in [-0.2, 0) is 25.9 Å². The molecule has 0 unspecified atom stereocenters. The average Bonchev–Trinajstić information content (AvgIpc) is 3.09. The van der Waals surface area contributed by atoms with E-state index in [2.05, 4.69) is 94.6 Å². The molecule has 3 heteroatoms. The molecule has 0 aliphatic carbocycles. The van der Waals surface area contributed by atoms with E-state index in [4.69, 9.17) is 4.98 Å². The van der Waals surface area contributed by atoms with Crippen molar-refractivity contribution in [3.8, 4) is 0 Å². The Morgan fingerprint density at radius 1 is 0.741 bits per heavy atom. The number of pyridine rings is 1. The van der Waals surface area contributed by atoms with Crippen LogP contribution in [0.4, 0.5) is 0 Å². The van der Waals surface area contributed by atoms with Crippen LogP contribution in [0.2, 0.25) is 0 Å². The fraction of sp³-hybridized carbons (Fsp3) is 0.167. The number of aromatic nitrogens is 3. The summed E-state index contributed by atoms with van der Waals surface area (Å²) in [6.07, 6.45) is 8.25. The minimum Gasteiger partial charge on any atom is -0.253 e. The highest BCUT2D eigenvalue weighted by molar-refractivity contribution is 5.33. The van der Waals surface area contributed by atoms with Gasteiger partial charge in [-0.3, -0.25) is 4.98 Å². The zero-order chi connectivity index (χ0) is 18.1. The molecule has 2 aromatic carbocycles. The van der Waals surface area contributed by atoms with Crippen LogP contribution >= 0.6 is 0 Å². The van der Waals surface area contributed by atoms with Crippen LogP contribution in [0.5, 0.6) is 0 Å². The van der Waals surface area contributed by atoms with Crippen molar-refractivity contribution in [3.05, 3.63) is 119 Å². The van der Waals surface area contributed by atoms with E-state index in [0.29, 0.717) is 0 Å². The molecule has 0 amide bonds. The molecule has 3 heterocycles. The Kier molecular flexibility index (Phi) is 4.06. The quantitative estimate of drug-likeness (QED) is 0.389. The molecule has 3 nitrogen and oxygen atoms in total. The van der Waals surface area contributed by atoms with Gasteiger partial charge < -0.3 is 0 Å². The van der Waals surface area contributed by atoms with Gasteiger partial charge in [0.25, 0.3) is 0 Å². The highest BCUT2D eigenvalue weighted by Crippen LogP contribution is 2.16. The second kappa shape index (κ2) is 6.84.